The third kappa shape index (κ3) is 4.07. The number of guanidine groups is 1. The zero-order chi connectivity index (χ0) is 16.9. The van der Waals surface area contributed by atoms with E-state index in [2.05, 4.69) is 20.3 Å². The number of hydrogen-bond acceptors (Lipinski definition) is 3. The van der Waals surface area contributed by atoms with E-state index >= 15 is 0 Å². The predicted octanol–water partition coefficient (Wildman–Crippen LogP) is 2.22. The Morgan fingerprint density at radius 3 is 3.08 bits per heavy atom. The summed E-state index contributed by atoms with van der Waals surface area (Å²) in [6.45, 7) is 2.91. The van der Waals surface area contributed by atoms with Gasteiger partial charge in [-0.2, -0.15) is 5.10 Å². The van der Waals surface area contributed by atoms with E-state index in [0.29, 0.717) is 13.2 Å². The molecule has 0 saturated carbocycles. The van der Waals surface area contributed by atoms with Gasteiger partial charge in [-0.25, -0.2) is 0 Å². The van der Waals surface area contributed by atoms with E-state index < -0.39 is 0 Å². The van der Waals surface area contributed by atoms with Crippen molar-refractivity contribution in [3.8, 4) is 0 Å². The van der Waals surface area contributed by atoms with Crippen LogP contribution in [0.5, 0.6) is 0 Å². The first-order valence-electron chi connectivity index (χ1n) is 7.96. The van der Waals surface area contributed by atoms with Gasteiger partial charge in [0.1, 0.15) is 6.10 Å². The van der Waals surface area contributed by atoms with Crippen molar-refractivity contribution in [2.24, 2.45) is 12.0 Å². The Labute approximate surface area is 147 Å². The fourth-order valence-corrected chi connectivity index (χ4v) is 3.02. The maximum atomic E-state index is 6.04. The highest BCUT2D eigenvalue weighted by Crippen LogP contribution is 2.21. The summed E-state index contributed by atoms with van der Waals surface area (Å²) in [5.74, 6) is 0.868. The van der Waals surface area contributed by atoms with Crippen LogP contribution in [0.2, 0.25) is 5.02 Å². The molecule has 0 amide bonds. The molecule has 0 spiro atoms. The van der Waals surface area contributed by atoms with Crippen LogP contribution in [0.15, 0.2) is 41.7 Å². The molecule has 1 unspecified atom stereocenters. The summed E-state index contributed by atoms with van der Waals surface area (Å²) in [6.07, 6.45) is 3.87. The molecule has 2 aromatic rings. The number of morpholine rings is 1. The van der Waals surface area contributed by atoms with Crippen molar-refractivity contribution < 1.29 is 4.74 Å². The number of rotatable bonds is 3. The Hall–Kier alpha value is -2.05. The number of ether oxygens (including phenoxy) is 1. The van der Waals surface area contributed by atoms with Crippen LogP contribution in [-0.4, -0.2) is 47.4 Å². The number of aliphatic imine (C=N–C) groups is 1. The number of nitrogens with one attached hydrogen (secondary N) is 1. The van der Waals surface area contributed by atoms with Crippen LogP contribution < -0.4 is 5.32 Å². The van der Waals surface area contributed by atoms with Gasteiger partial charge in [-0.05, 0) is 17.7 Å². The van der Waals surface area contributed by atoms with Crippen molar-refractivity contribution in [3.63, 3.8) is 0 Å². The lowest BCUT2D eigenvalue weighted by Gasteiger charge is -2.34. The number of aryl methyl sites for hydroxylation is 1. The lowest BCUT2D eigenvalue weighted by Crippen LogP contribution is -2.47. The first kappa shape index (κ1) is 16.8. The lowest BCUT2D eigenvalue weighted by atomic mass is 10.1. The SMILES string of the molecule is CN=C(NCc1cccc(Cl)c1)N1CCOC(c2cnn(C)c2)C1. The number of halogens is 1. The molecule has 1 N–H and O–H groups in total. The predicted molar refractivity (Wildman–Crippen MR) is 95.1 cm³/mol. The molecular formula is C17H22ClN5O. The van der Waals surface area contributed by atoms with Crippen molar-refractivity contribution in [3.05, 3.63) is 52.8 Å². The molecule has 7 heteroatoms. The minimum atomic E-state index is 0.0113. The minimum absolute atomic E-state index is 0.0113. The van der Waals surface area contributed by atoms with Gasteiger partial charge in [-0.1, -0.05) is 23.7 Å². The van der Waals surface area contributed by atoms with Crippen molar-refractivity contribution in [2.45, 2.75) is 12.6 Å². The molecule has 1 aliphatic heterocycles. The molecule has 24 heavy (non-hydrogen) atoms. The Bertz CT molecular complexity index is 715. The van der Waals surface area contributed by atoms with Gasteiger partial charge in [0.2, 0.25) is 0 Å². The topological polar surface area (TPSA) is 54.7 Å². The standard InChI is InChI=1S/C17H22ClN5O/c1-19-17(20-9-13-4-3-5-15(18)8-13)23-6-7-24-16(12-23)14-10-21-22(2)11-14/h3-5,8,10-11,16H,6-7,9,12H2,1-2H3,(H,19,20). The van der Waals surface area contributed by atoms with Crippen molar-refractivity contribution in [1.82, 2.24) is 20.0 Å². The van der Waals surface area contributed by atoms with Gasteiger partial charge in [0.25, 0.3) is 0 Å². The van der Waals surface area contributed by atoms with Gasteiger partial charge < -0.3 is 15.0 Å². The maximum absolute atomic E-state index is 6.04. The molecule has 1 aromatic carbocycles. The highest BCUT2D eigenvalue weighted by molar-refractivity contribution is 6.30. The smallest absolute Gasteiger partial charge is 0.194 e. The number of nitrogens with zero attached hydrogens (tertiary/aromatic N) is 4. The van der Waals surface area contributed by atoms with Gasteiger partial charge in [-0.15, -0.1) is 0 Å². The monoisotopic (exact) mass is 347 g/mol. The van der Waals surface area contributed by atoms with Gasteiger partial charge in [0.15, 0.2) is 5.96 Å². The Morgan fingerprint density at radius 1 is 1.50 bits per heavy atom. The Balaban J connectivity index is 1.62. The van der Waals surface area contributed by atoms with E-state index in [1.807, 2.05) is 43.7 Å². The highest BCUT2D eigenvalue weighted by Gasteiger charge is 2.25. The van der Waals surface area contributed by atoms with E-state index in [9.17, 15) is 0 Å². The molecule has 0 bridgehead atoms. The normalized spacial score (nSPS) is 18.7. The highest BCUT2D eigenvalue weighted by atomic mass is 35.5. The molecular weight excluding hydrogens is 326 g/mol. The summed E-state index contributed by atoms with van der Waals surface area (Å²) in [5.41, 5.74) is 2.22. The van der Waals surface area contributed by atoms with E-state index in [1.165, 1.54) is 0 Å². The molecule has 0 radical (unpaired) electrons. The summed E-state index contributed by atoms with van der Waals surface area (Å²) in [4.78, 5) is 6.62. The fourth-order valence-electron chi connectivity index (χ4n) is 2.81. The number of benzene rings is 1. The van der Waals surface area contributed by atoms with Crippen LogP contribution >= 0.6 is 11.6 Å². The van der Waals surface area contributed by atoms with E-state index in [4.69, 9.17) is 16.3 Å². The van der Waals surface area contributed by atoms with Gasteiger partial charge in [0, 0.05) is 44.0 Å². The van der Waals surface area contributed by atoms with Crippen LogP contribution in [0, 0.1) is 0 Å². The summed E-state index contributed by atoms with van der Waals surface area (Å²) in [5, 5.41) is 8.37. The fraction of sp³-hybridized carbons (Fsp3) is 0.412. The molecule has 0 aliphatic carbocycles. The van der Waals surface area contributed by atoms with Gasteiger partial charge in [0.05, 0.1) is 19.3 Å². The lowest BCUT2D eigenvalue weighted by molar-refractivity contribution is -0.00805. The van der Waals surface area contributed by atoms with E-state index in [0.717, 1.165) is 35.2 Å². The van der Waals surface area contributed by atoms with Gasteiger partial charge >= 0.3 is 0 Å². The maximum Gasteiger partial charge on any atom is 0.194 e. The van der Waals surface area contributed by atoms with Crippen molar-refractivity contribution >= 4 is 17.6 Å². The summed E-state index contributed by atoms with van der Waals surface area (Å²) >= 11 is 6.04. The average Bonchev–Trinajstić information content (AvgIpc) is 3.02. The van der Waals surface area contributed by atoms with Crippen LogP contribution in [0.25, 0.3) is 0 Å². The minimum Gasteiger partial charge on any atom is -0.370 e. The molecule has 1 atom stereocenters. The van der Waals surface area contributed by atoms with Crippen molar-refractivity contribution in [2.75, 3.05) is 26.7 Å². The van der Waals surface area contributed by atoms with Crippen LogP contribution in [-0.2, 0) is 18.3 Å². The number of hydrogen-bond donors (Lipinski definition) is 1. The summed E-state index contributed by atoms with van der Waals surface area (Å²) in [6, 6.07) is 7.83. The average molecular weight is 348 g/mol. The molecule has 3 rings (SSSR count). The third-order valence-electron chi connectivity index (χ3n) is 4.01. The van der Waals surface area contributed by atoms with Crippen molar-refractivity contribution in [1.29, 1.82) is 0 Å². The van der Waals surface area contributed by atoms with Crippen LogP contribution in [0.1, 0.15) is 17.2 Å². The first-order valence-corrected chi connectivity index (χ1v) is 8.33. The second kappa shape index (κ2) is 7.68. The second-order valence-electron chi connectivity index (χ2n) is 5.78. The quantitative estimate of drug-likeness (QED) is 0.683. The van der Waals surface area contributed by atoms with Gasteiger partial charge in [-0.3, -0.25) is 9.67 Å². The summed E-state index contributed by atoms with van der Waals surface area (Å²) < 4.78 is 7.68. The molecule has 1 fully saturated rings. The van der Waals surface area contributed by atoms with E-state index in [-0.39, 0.29) is 6.10 Å². The first-order chi connectivity index (χ1) is 11.7. The number of aromatic nitrogens is 2. The molecule has 1 saturated heterocycles. The summed E-state index contributed by atoms with van der Waals surface area (Å²) in [7, 11) is 3.71. The van der Waals surface area contributed by atoms with E-state index in [1.54, 1.807) is 11.7 Å². The van der Waals surface area contributed by atoms with Crippen LogP contribution in [0.3, 0.4) is 0 Å². The second-order valence-corrected chi connectivity index (χ2v) is 6.22. The zero-order valence-electron chi connectivity index (χ0n) is 13.9. The Morgan fingerprint density at radius 2 is 2.38 bits per heavy atom. The third-order valence-corrected chi connectivity index (χ3v) is 4.25. The Kier molecular flexibility index (Phi) is 5.37. The molecule has 1 aliphatic rings. The zero-order valence-corrected chi connectivity index (χ0v) is 14.7. The molecule has 2 heterocycles. The molecule has 6 nitrogen and oxygen atoms in total. The largest absolute Gasteiger partial charge is 0.370 e. The molecule has 128 valence electrons. The molecule has 1 aromatic heterocycles. The van der Waals surface area contributed by atoms with Crippen LogP contribution in [0.4, 0.5) is 0 Å².